The quantitative estimate of drug-likeness (QED) is 0.138. The normalized spacial score (nSPS) is 16.3. The molecule has 0 spiro atoms. The molecule has 4 aromatic carbocycles. The van der Waals surface area contributed by atoms with Gasteiger partial charge in [0, 0.05) is 36.7 Å². The molecule has 0 N–H and O–H groups in total. The van der Waals surface area contributed by atoms with Crippen LogP contribution in [0.1, 0.15) is 48.0 Å². The second kappa shape index (κ2) is 15.5. The summed E-state index contributed by atoms with van der Waals surface area (Å²) in [4.78, 5) is 15.2. The van der Waals surface area contributed by atoms with Crippen LogP contribution in [0.15, 0.2) is 125 Å². The Morgan fingerprint density at radius 1 is 0.764 bits per heavy atom. The van der Waals surface area contributed by atoms with Gasteiger partial charge in [-0.15, -0.1) is 0 Å². The third-order valence-electron chi connectivity index (χ3n) is 9.83. The van der Waals surface area contributed by atoms with Crippen molar-refractivity contribution in [3.05, 3.63) is 120 Å². The van der Waals surface area contributed by atoms with Crippen LogP contribution in [-0.4, -0.2) is 82.3 Å². The van der Waals surface area contributed by atoms with Gasteiger partial charge in [0.1, 0.15) is 5.60 Å². The zero-order chi connectivity index (χ0) is 39.8. The molecule has 1 atom stereocenters. The molecular formula is C41H48ClN3O7S2Si. The summed E-state index contributed by atoms with van der Waals surface area (Å²) in [6, 6.07) is 33.3. The summed E-state index contributed by atoms with van der Waals surface area (Å²) >= 11 is 6.29. The zero-order valence-electron chi connectivity index (χ0n) is 32.0. The maximum Gasteiger partial charge on any atom is 0.410 e. The number of piperazine rings is 1. The highest BCUT2D eigenvalue weighted by Crippen LogP contribution is 2.38. The van der Waals surface area contributed by atoms with Gasteiger partial charge in [0.25, 0.3) is 28.4 Å². The van der Waals surface area contributed by atoms with E-state index in [0.717, 1.165) is 14.3 Å². The first-order valence-electron chi connectivity index (χ1n) is 18.2. The van der Waals surface area contributed by atoms with E-state index in [4.69, 9.17) is 20.8 Å². The Labute approximate surface area is 330 Å². The van der Waals surface area contributed by atoms with Crippen LogP contribution in [0.3, 0.4) is 0 Å². The molecule has 1 aromatic heterocycles. The first-order valence-corrected chi connectivity index (χ1v) is 23.4. The molecule has 0 radical (unpaired) electrons. The molecule has 1 aliphatic heterocycles. The molecule has 2 heterocycles. The summed E-state index contributed by atoms with van der Waals surface area (Å²) in [5, 5.41) is 2.16. The van der Waals surface area contributed by atoms with Crippen LogP contribution in [0.2, 0.25) is 10.1 Å². The van der Waals surface area contributed by atoms with E-state index in [1.807, 2.05) is 36.4 Å². The maximum absolute atomic E-state index is 14.8. The summed E-state index contributed by atoms with van der Waals surface area (Å²) in [5.74, 6) is 0. The van der Waals surface area contributed by atoms with Gasteiger partial charge >= 0.3 is 6.09 Å². The molecule has 1 unspecified atom stereocenters. The summed E-state index contributed by atoms with van der Waals surface area (Å²) in [6.45, 7) is 11.9. The van der Waals surface area contributed by atoms with Crippen LogP contribution in [0.25, 0.3) is 10.9 Å². The van der Waals surface area contributed by atoms with Crippen molar-refractivity contribution in [1.82, 2.24) is 13.2 Å². The van der Waals surface area contributed by atoms with E-state index in [1.165, 1.54) is 34.6 Å². The van der Waals surface area contributed by atoms with Gasteiger partial charge in [0.2, 0.25) is 0 Å². The Morgan fingerprint density at radius 3 is 1.87 bits per heavy atom. The lowest BCUT2D eigenvalue weighted by atomic mass is 10.1. The topological polar surface area (TPSA) is 115 Å². The summed E-state index contributed by atoms with van der Waals surface area (Å²) in [5.41, 5.74) is -0.612. The number of amides is 1. The lowest BCUT2D eigenvalue weighted by Gasteiger charge is -2.44. The number of halogens is 1. The molecule has 1 aliphatic rings. The fourth-order valence-corrected chi connectivity index (χ4v) is 15.7. The number of nitrogens with zero attached hydrogens (tertiary/aromatic N) is 3. The van der Waals surface area contributed by atoms with E-state index in [0.29, 0.717) is 10.4 Å². The molecular weight excluding hydrogens is 774 g/mol. The van der Waals surface area contributed by atoms with Gasteiger partial charge in [0.05, 0.1) is 16.5 Å². The van der Waals surface area contributed by atoms with Crippen molar-refractivity contribution < 1.29 is 30.8 Å². The van der Waals surface area contributed by atoms with Gasteiger partial charge in [-0.1, -0.05) is 111 Å². The van der Waals surface area contributed by atoms with E-state index in [9.17, 15) is 21.6 Å². The minimum absolute atomic E-state index is 0.0233. The van der Waals surface area contributed by atoms with E-state index < -0.39 is 51.1 Å². The Balaban J connectivity index is 1.38. The minimum atomic E-state index is -4.48. The van der Waals surface area contributed by atoms with Crippen LogP contribution in [0.5, 0.6) is 0 Å². The fourth-order valence-electron chi connectivity index (χ4n) is 7.36. The van der Waals surface area contributed by atoms with E-state index >= 15 is 0 Å². The van der Waals surface area contributed by atoms with Gasteiger partial charge in [-0.2, -0.15) is 4.31 Å². The monoisotopic (exact) mass is 821 g/mol. The highest BCUT2D eigenvalue weighted by molar-refractivity contribution is 7.92. The van der Waals surface area contributed by atoms with E-state index in [2.05, 4.69) is 45.0 Å². The van der Waals surface area contributed by atoms with Crippen molar-refractivity contribution in [2.75, 3.05) is 26.2 Å². The molecule has 55 heavy (non-hydrogen) atoms. The smallest absolute Gasteiger partial charge is 0.410 e. The average molecular weight is 823 g/mol. The Morgan fingerprint density at radius 2 is 1.33 bits per heavy atom. The molecule has 14 heteroatoms. The number of rotatable bonds is 10. The van der Waals surface area contributed by atoms with Crippen molar-refractivity contribution in [3.8, 4) is 0 Å². The minimum Gasteiger partial charge on any atom is -0.444 e. The average Bonchev–Trinajstić information content (AvgIpc) is 3.54. The number of carbonyl (C=O) groups is 1. The van der Waals surface area contributed by atoms with Crippen molar-refractivity contribution >= 4 is 67.3 Å². The summed E-state index contributed by atoms with van der Waals surface area (Å²) < 4.78 is 73.1. The lowest BCUT2D eigenvalue weighted by molar-refractivity contribution is 0.00331. The third-order valence-corrected chi connectivity index (χ3v) is 18.8. The number of benzene rings is 4. The predicted octanol–water partition coefficient (Wildman–Crippen LogP) is 7.11. The summed E-state index contributed by atoms with van der Waals surface area (Å²) in [7, 11) is -11.8. The first-order chi connectivity index (χ1) is 25.9. The number of hydrogen-bond donors (Lipinski definition) is 0. The van der Waals surface area contributed by atoms with Gasteiger partial charge in [-0.3, -0.25) is 0 Å². The van der Waals surface area contributed by atoms with Crippen molar-refractivity contribution in [3.63, 3.8) is 0 Å². The van der Waals surface area contributed by atoms with Crippen molar-refractivity contribution in [2.45, 2.75) is 74.6 Å². The zero-order valence-corrected chi connectivity index (χ0v) is 35.4. The number of aromatic nitrogens is 1. The number of fused-ring (bicyclic) bond motifs is 1. The Hall–Kier alpha value is -3.98. The Bertz CT molecular complexity index is 2320. The number of sulfonamides is 1. The maximum atomic E-state index is 14.8. The van der Waals surface area contributed by atoms with Crippen molar-refractivity contribution in [2.24, 2.45) is 0 Å². The second-order valence-electron chi connectivity index (χ2n) is 15.8. The molecule has 292 valence electrons. The van der Waals surface area contributed by atoms with Crippen molar-refractivity contribution in [1.29, 1.82) is 0 Å². The van der Waals surface area contributed by atoms with Crippen LogP contribution in [0, 0.1) is 0 Å². The number of carbonyl (C=O) groups excluding carboxylic acids is 1. The molecule has 10 nitrogen and oxygen atoms in total. The van der Waals surface area contributed by atoms with Crippen LogP contribution in [-0.2, 0) is 29.2 Å². The van der Waals surface area contributed by atoms with Crippen LogP contribution < -0.4 is 10.4 Å². The van der Waals surface area contributed by atoms with E-state index in [-0.39, 0.29) is 48.1 Å². The Kier molecular flexibility index (Phi) is 11.5. The second-order valence-corrected chi connectivity index (χ2v) is 24.2. The standard InChI is InChI=1S/C41H48ClN3O7S2Si/c1-40(2,3)52-39(46)44-26-25-43(30-33(44)24-27-51-55(41(4,5)6,35-18-12-8-13-19-35)36-20-14-9-15-21-36)54(49,50)38-29-31-28-32(42)22-23-37(31)45(38)53(47,48)34-16-10-7-11-17-34/h7-23,28-29,33H,24-27,30H2,1-6H3. The van der Waals surface area contributed by atoms with E-state index in [1.54, 1.807) is 49.9 Å². The number of hydrogen-bond acceptors (Lipinski definition) is 7. The molecule has 0 bridgehead atoms. The van der Waals surface area contributed by atoms with Crippen LogP contribution >= 0.6 is 11.6 Å². The van der Waals surface area contributed by atoms with Gasteiger partial charge in [-0.25, -0.2) is 25.6 Å². The molecule has 0 saturated carbocycles. The lowest BCUT2D eigenvalue weighted by Crippen LogP contribution is -2.67. The third kappa shape index (κ3) is 8.14. The highest BCUT2D eigenvalue weighted by Gasteiger charge is 2.50. The number of ether oxygens (including phenoxy) is 1. The highest BCUT2D eigenvalue weighted by atomic mass is 35.5. The molecule has 1 saturated heterocycles. The summed E-state index contributed by atoms with van der Waals surface area (Å²) in [6.07, 6.45) is -0.271. The van der Waals surface area contributed by atoms with Crippen LogP contribution in [0.4, 0.5) is 4.79 Å². The largest absolute Gasteiger partial charge is 0.444 e. The fraction of sp³-hybridized carbons (Fsp3) is 0.341. The molecule has 5 aromatic rings. The first kappa shape index (κ1) is 40.7. The van der Waals surface area contributed by atoms with Gasteiger partial charge in [-0.05, 0) is 79.0 Å². The molecule has 1 fully saturated rings. The van der Waals surface area contributed by atoms with Gasteiger partial charge in [0.15, 0.2) is 5.03 Å². The molecule has 0 aliphatic carbocycles. The molecule has 6 rings (SSSR count). The van der Waals surface area contributed by atoms with Gasteiger partial charge < -0.3 is 14.1 Å². The SMILES string of the molecule is CC(C)(C)OC(=O)N1CCN(S(=O)(=O)c2cc3cc(Cl)ccc3n2S(=O)(=O)c2ccccc2)CC1CCO[Si](c1ccccc1)(c1ccccc1)C(C)(C)C. The predicted molar refractivity (Wildman–Crippen MR) is 220 cm³/mol. The molecule has 1 amide bonds.